The van der Waals surface area contributed by atoms with Gasteiger partial charge in [0.1, 0.15) is 0 Å². The largest absolute Gasteiger partial charge is 0.370 e. The zero-order valence-electron chi connectivity index (χ0n) is 12.0. The van der Waals surface area contributed by atoms with Crippen molar-refractivity contribution < 1.29 is 0 Å². The summed E-state index contributed by atoms with van der Waals surface area (Å²) in [5.41, 5.74) is 12.3. The molecular formula is C15H25IN4. The van der Waals surface area contributed by atoms with Gasteiger partial charge in [-0.3, -0.25) is 9.89 Å². The normalized spacial score (nSPS) is 18.1. The first kappa shape index (κ1) is 17.2. The summed E-state index contributed by atoms with van der Waals surface area (Å²) < 4.78 is 0. The molecule has 5 heteroatoms. The molecule has 0 saturated carbocycles. The number of rotatable bonds is 4. The van der Waals surface area contributed by atoms with Crippen molar-refractivity contribution in [3.8, 4) is 0 Å². The molecular weight excluding hydrogens is 363 g/mol. The van der Waals surface area contributed by atoms with Crippen molar-refractivity contribution in [3.63, 3.8) is 0 Å². The Morgan fingerprint density at radius 1 is 1.25 bits per heavy atom. The molecule has 1 atom stereocenters. The molecule has 4 N–H and O–H groups in total. The molecule has 1 saturated heterocycles. The van der Waals surface area contributed by atoms with E-state index in [1.54, 1.807) is 0 Å². The average Bonchev–Trinajstić information content (AvgIpc) is 2.42. The number of aliphatic imine (C=N–C) groups is 1. The average molecular weight is 388 g/mol. The number of halogens is 1. The van der Waals surface area contributed by atoms with Crippen LogP contribution in [-0.4, -0.2) is 30.5 Å². The van der Waals surface area contributed by atoms with Gasteiger partial charge in [0, 0.05) is 0 Å². The van der Waals surface area contributed by atoms with Crippen LogP contribution in [0.5, 0.6) is 0 Å². The first-order valence-electron chi connectivity index (χ1n) is 7.01. The van der Waals surface area contributed by atoms with Gasteiger partial charge in [-0.1, -0.05) is 37.3 Å². The van der Waals surface area contributed by atoms with Gasteiger partial charge in [-0.2, -0.15) is 0 Å². The van der Waals surface area contributed by atoms with Crippen LogP contribution in [0, 0.1) is 5.92 Å². The summed E-state index contributed by atoms with van der Waals surface area (Å²) in [5, 5.41) is 0. The van der Waals surface area contributed by atoms with Crippen LogP contribution in [0.4, 0.5) is 0 Å². The van der Waals surface area contributed by atoms with Gasteiger partial charge in [-0.05, 0) is 37.4 Å². The predicted octanol–water partition coefficient (Wildman–Crippen LogP) is 2.35. The van der Waals surface area contributed by atoms with Gasteiger partial charge in [-0.25, -0.2) is 0 Å². The molecule has 2 rings (SSSR count). The molecule has 0 radical (unpaired) electrons. The van der Waals surface area contributed by atoms with Crippen molar-refractivity contribution in [2.24, 2.45) is 22.4 Å². The molecule has 1 aliphatic heterocycles. The molecule has 1 fully saturated rings. The second-order valence-electron chi connectivity index (χ2n) is 5.41. The zero-order chi connectivity index (χ0) is 13.7. The van der Waals surface area contributed by atoms with E-state index in [2.05, 4.69) is 41.1 Å². The number of likely N-dealkylation sites (tertiary alicyclic amines) is 1. The van der Waals surface area contributed by atoms with Crippen molar-refractivity contribution in [2.75, 3.05) is 19.6 Å². The Morgan fingerprint density at radius 3 is 2.40 bits per heavy atom. The van der Waals surface area contributed by atoms with E-state index >= 15 is 0 Å². The van der Waals surface area contributed by atoms with Gasteiger partial charge < -0.3 is 11.5 Å². The molecule has 1 aromatic rings. The highest BCUT2D eigenvalue weighted by atomic mass is 127. The minimum absolute atomic E-state index is 0. The maximum Gasteiger partial charge on any atom is 0.185 e. The first-order valence-corrected chi connectivity index (χ1v) is 7.01. The van der Waals surface area contributed by atoms with Crippen LogP contribution >= 0.6 is 24.0 Å². The van der Waals surface area contributed by atoms with Crippen LogP contribution < -0.4 is 11.5 Å². The summed E-state index contributed by atoms with van der Waals surface area (Å²) in [6, 6.07) is 10.8. The van der Waals surface area contributed by atoms with E-state index in [1.165, 1.54) is 18.4 Å². The van der Waals surface area contributed by atoms with Crippen LogP contribution in [0.3, 0.4) is 0 Å². The van der Waals surface area contributed by atoms with E-state index in [1.807, 2.05) is 6.07 Å². The molecule has 0 aliphatic carbocycles. The summed E-state index contributed by atoms with van der Waals surface area (Å²) >= 11 is 0. The van der Waals surface area contributed by atoms with Gasteiger partial charge in [-0.15, -0.1) is 24.0 Å². The molecule has 0 bridgehead atoms. The fraction of sp³-hybridized carbons (Fsp3) is 0.533. The summed E-state index contributed by atoms with van der Waals surface area (Å²) in [6.45, 7) is 5.22. The molecule has 0 amide bonds. The number of guanidine groups is 1. The summed E-state index contributed by atoms with van der Waals surface area (Å²) in [5.74, 6) is 1.00. The molecule has 0 spiro atoms. The monoisotopic (exact) mass is 388 g/mol. The molecule has 20 heavy (non-hydrogen) atoms. The van der Waals surface area contributed by atoms with Crippen LogP contribution in [-0.2, 0) is 0 Å². The van der Waals surface area contributed by atoms with Gasteiger partial charge >= 0.3 is 0 Å². The molecule has 112 valence electrons. The standard InChI is InChI=1S/C15H24N4.HI/c1-12-7-9-19(10-8-12)14(11-18-15(16)17)13-5-3-2-4-6-13;/h2-6,12,14H,7-11H2,1H3,(H4,16,17,18);1H. The topological polar surface area (TPSA) is 67.6 Å². The molecule has 1 aromatic carbocycles. The van der Waals surface area contributed by atoms with Crippen LogP contribution in [0.1, 0.15) is 31.4 Å². The second kappa shape index (κ2) is 8.46. The number of hydrogen-bond donors (Lipinski definition) is 2. The van der Waals surface area contributed by atoms with Gasteiger partial charge in [0.25, 0.3) is 0 Å². The highest BCUT2D eigenvalue weighted by Gasteiger charge is 2.24. The van der Waals surface area contributed by atoms with Gasteiger partial charge in [0.05, 0.1) is 12.6 Å². The van der Waals surface area contributed by atoms with Gasteiger partial charge in [0.15, 0.2) is 5.96 Å². The number of nitrogens with two attached hydrogens (primary N) is 2. The number of nitrogens with zero attached hydrogens (tertiary/aromatic N) is 2. The van der Waals surface area contributed by atoms with E-state index in [-0.39, 0.29) is 36.0 Å². The van der Waals surface area contributed by atoms with Crippen LogP contribution in [0.15, 0.2) is 35.3 Å². The lowest BCUT2D eigenvalue weighted by atomic mass is 9.96. The molecule has 1 heterocycles. The number of benzene rings is 1. The van der Waals surface area contributed by atoms with Crippen molar-refractivity contribution >= 4 is 29.9 Å². The molecule has 1 aliphatic rings. The lowest BCUT2D eigenvalue weighted by Gasteiger charge is -2.36. The fourth-order valence-corrected chi connectivity index (χ4v) is 2.64. The fourth-order valence-electron chi connectivity index (χ4n) is 2.64. The second-order valence-corrected chi connectivity index (χ2v) is 5.41. The third-order valence-electron chi connectivity index (χ3n) is 3.89. The lowest BCUT2D eigenvalue weighted by molar-refractivity contribution is 0.141. The van der Waals surface area contributed by atoms with E-state index in [0.29, 0.717) is 6.54 Å². The minimum Gasteiger partial charge on any atom is -0.370 e. The van der Waals surface area contributed by atoms with Crippen molar-refractivity contribution in [1.82, 2.24) is 4.90 Å². The Morgan fingerprint density at radius 2 is 1.85 bits per heavy atom. The summed E-state index contributed by atoms with van der Waals surface area (Å²) in [4.78, 5) is 6.73. The quantitative estimate of drug-likeness (QED) is 0.473. The minimum atomic E-state index is 0. The van der Waals surface area contributed by atoms with E-state index < -0.39 is 0 Å². The third-order valence-corrected chi connectivity index (χ3v) is 3.89. The number of piperidine rings is 1. The van der Waals surface area contributed by atoms with Crippen molar-refractivity contribution in [1.29, 1.82) is 0 Å². The highest BCUT2D eigenvalue weighted by Crippen LogP contribution is 2.26. The lowest BCUT2D eigenvalue weighted by Crippen LogP contribution is -2.38. The highest BCUT2D eigenvalue weighted by molar-refractivity contribution is 14.0. The predicted molar refractivity (Wildman–Crippen MR) is 95.2 cm³/mol. The third kappa shape index (κ3) is 4.94. The Hall–Kier alpha value is -0.820. The molecule has 0 aromatic heterocycles. The molecule has 1 unspecified atom stereocenters. The summed E-state index contributed by atoms with van der Waals surface area (Å²) in [7, 11) is 0. The van der Waals surface area contributed by atoms with Gasteiger partial charge in [0.2, 0.25) is 0 Å². The van der Waals surface area contributed by atoms with E-state index in [9.17, 15) is 0 Å². The Balaban J connectivity index is 0.00000200. The SMILES string of the molecule is CC1CCN(C(CN=C(N)N)c2ccccc2)CC1.I. The summed E-state index contributed by atoms with van der Waals surface area (Å²) in [6.07, 6.45) is 2.51. The van der Waals surface area contributed by atoms with Crippen molar-refractivity contribution in [3.05, 3.63) is 35.9 Å². The zero-order valence-corrected chi connectivity index (χ0v) is 14.4. The van der Waals surface area contributed by atoms with Crippen molar-refractivity contribution in [2.45, 2.75) is 25.8 Å². The molecule has 4 nitrogen and oxygen atoms in total. The first-order chi connectivity index (χ1) is 9.16. The van der Waals surface area contributed by atoms with E-state index in [4.69, 9.17) is 11.5 Å². The Kier molecular flexibility index (Phi) is 7.29. The number of hydrogen-bond acceptors (Lipinski definition) is 2. The maximum atomic E-state index is 5.48. The van der Waals surface area contributed by atoms with Crippen LogP contribution in [0.2, 0.25) is 0 Å². The van der Waals surface area contributed by atoms with E-state index in [0.717, 1.165) is 19.0 Å². The Bertz CT molecular complexity index is 409. The maximum absolute atomic E-state index is 5.48. The smallest absolute Gasteiger partial charge is 0.185 e. The Labute approximate surface area is 138 Å². The van der Waals surface area contributed by atoms with Crippen LogP contribution in [0.25, 0.3) is 0 Å².